The quantitative estimate of drug-likeness (QED) is 0.0344. The summed E-state index contributed by atoms with van der Waals surface area (Å²) in [6.07, 6.45) is 107. The molecule has 1 heterocycles. The first-order valence-corrected chi connectivity index (χ1v) is 41.3. The Bertz CT molecular complexity index is 1730. The first-order chi connectivity index (χ1) is 44.7. The second kappa shape index (κ2) is 63.0. The van der Waals surface area contributed by atoms with Crippen molar-refractivity contribution in [2.45, 2.75) is 437 Å². The maximum atomic E-state index is 6.87. The summed E-state index contributed by atoms with van der Waals surface area (Å²) in [7, 11) is 8.99. The summed E-state index contributed by atoms with van der Waals surface area (Å²) >= 11 is 0. The fourth-order valence-corrected chi connectivity index (χ4v) is 14.9. The van der Waals surface area contributed by atoms with Gasteiger partial charge in [0.2, 0.25) is 0 Å². The molecule has 0 radical (unpaired) electrons. The lowest BCUT2D eigenvalue weighted by Gasteiger charge is -2.42. The van der Waals surface area contributed by atoms with Crippen LogP contribution in [0.3, 0.4) is 0 Å². The van der Waals surface area contributed by atoms with Crippen molar-refractivity contribution in [3.8, 4) is 0 Å². The van der Waals surface area contributed by atoms with Crippen molar-refractivity contribution in [2.75, 3.05) is 41.3 Å². The Morgan fingerprint density at radius 3 is 1.05 bits per heavy atom. The Morgan fingerprint density at radius 1 is 0.363 bits per heavy atom. The molecule has 2 unspecified atom stereocenters. The van der Waals surface area contributed by atoms with E-state index in [9.17, 15) is 0 Å². The fraction of sp³-hybridized carbons (Fsp3) is 0.862. The number of hydrogen-bond donors (Lipinski definition) is 0. The molecule has 2 rings (SSSR count). The van der Waals surface area contributed by atoms with Crippen LogP contribution in [0.2, 0.25) is 0 Å². The Balaban J connectivity index is 1.86. The molecule has 1 aliphatic heterocycles. The molecule has 0 amide bonds. The van der Waals surface area contributed by atoms with Crippen molar-refractivity contribution in [2.24, 2.45) is 5.41 Å². The van der Waals surface area contributed by atoms with Gasteiger partial charge in [-0.05, 0) is 199 Å². The first-order valence-electron chi connectivity index (χ1n) is 41.3. The second-order valence-electron chi connectivity index (χ2n) is 30.3. The van der Waals surface area contributed by atoms with Gasteiger partial charge in [0.05, 0.1) is 12.7 Å². The fourth-order valence-electron chi connectivity index (χ4n) is 14.9. The van der Waals surface area contributed by atoms with Crippen LogP contribution in [-0.2, 0) is 9.47 Å². The van der Waals surface area contributed by atoms with E-state index in [0.29, 0.717) is 5.41 Å². The molecule has 0 spiro atoms. The van der Waals surface area contributed by atoms with Crippen molar-refractivity contribution in [3.63, 3.8) is 0 Å². The zero-order valence-electron chi connectivity index (χ0n) is 63.2. The van der Waals surface area contributed by atoms with Gasteiger partial charge in [0.1, 0.15) is 0 Å². The minimum absolute atomic E-state index is 0.248. The molecule has 2 atom stereocenters. The zero-order valence-corrected chi connectivity index (χ0v) is 63.2. The van der Waals surface area contributed by atoms with E-state index in [2.05, 4.69) is 126 Å². The lowest BCUT2D eigenvalue weighted by atomic mass is 9.66. The Labute approximate surface area is 572 Å². The number of unbranched alkanes of at least 4 members (excludes halogenated alkanes) is 42. The highest BCUT2D eigenvalue weighted by Crippen LogP contribution is 2.46. The molecule has 91 heavy (non-hydrogen) atoms. The topological polar surface area (TPSA) is 24.9 Å². The molecule has 0 N–H and O–H groups in total. The van der Waals surface area contributed by atoms with E-state index < -0.39 is 0 Å². The minimum atomic E-state index is -0.341. The Morgan fingerprint density at radius 2 is 0.681 bits per heavy atom. The minimum Gasteiger partial charge on any atom is -0.347 e. The second-order valence-corrected chi connectivity index (χ2v) is 30.3. The normalized spacial score (nSPS) is 19.5. The van der Waals surface area contributed by atoms with E-state index in [1.54, 1.807) is 11.1 Å². The lowest BCUT2D eigenvalue weighted by molar-refractivity contribution is -0.180. The molecule has 1 saturated carbocycles. The van der Waals surface area contributed by atoms with Crippen molar-refractivity contribution in [3.05, 3.63) is 71.9 Å². The molecule has 1 saturated heterocycles. The van der Waals surface area contributed by atoms with Gasteiger partial charge in [0, 0.05) is 25.4 Å². The molecule has 2 fully saturated rings. The third-order valence-electron chi connectivity index (χ3n) is 21.2. The van der Waals surface area contributed by atoms with Crippen LogP contribution in [0, 0.1) is 5.41 Å². The van der Waals surface area contributed by atoms with E-state index in [1.165, 1.54) is 353 Å². The smallest absolute Gasteiger partial charge is 0.168 e. The van der Waals surface area contributed by atoms with Crippen molar-refractivity contribution >= 4 is 0 Å². The Kier molecular flexibility index (Phi) is 59.1. The van der Waals surface area contributed by atoms with Gasteiger partial charge < -0.3 is 19.3 Å². The van der Waals surface area contributed by atoms with E-state index >= 15 is 0 Å². The number of hydrogen-bond acceptors (Lipinski definition) is 4. The highest BCUT2D eigenvalue weighted by Gasteiger charge is 2.40. The maximum Gasteiger partial charge on any atom is 0.168 e. The average molecular weight is 1270 g/mol. The number of ether oxygens (including phenoxy) is 2. The summed E-state index contributed by atoms with van der Waals surface area (Å²) in [5.41, 5.74) is 3.85. The van der Waals surface area contributed by atoms with Crippen LogP contribution < -0.4 is 0 Å². The monoisotopic (exact) mass is 1270 g/mol. The van der Waals surface area contributed by atoms with Gasteiger partial charge in [0.25, 0.3) is 0 Å². The first kappa shape index (κ1) is 85.4. The zero-order chi connectivity index (χ0) is 65.5. The van der Waals surface area contributed by atoms with Gasteiger partial charge >= 0.3 is 0 Å². The van der Waals surface area contributed by atoms with Crippen LogP contribution in [0.4, 0.5) is 0 Å². The summed E-state index contributed by atoms with van der Waals surface area (Å²) in [5.74, 6) is -0.341. The van der Waals surface area contributed by atoms with Crippen molar-refractivity contribution in [1.82, 2.24) is 9.80 Å². The Hall–Kier alpha value is -1.72. The van der Waals surface area contributed by atoms with Crippen LogP contribution in [0.15, 0.2) is 71.9 Å². The number of nitrogens with zero attached hydrogens (tertiary/aromatic N) is 2. The molecule has 4 heteroatoms. The highest BCUT2D eigenvalue weighted by molar-refractivity contribution is 5.34. The highest BCUT2D eigenvalue weighted by atomic mass is 16.7. The predicted molar refractivity (Wildman–Crippen MR) is 409 cm³/mol. The number of allylic oxidation sites excluding steroid dienone is 12. The molecule has 0 aromatic rings. The molecule has 4 nitrogen and oxygen atoms in total. The van der Waals surface area contributed by atoms with Crippen molar-refractivity contribution in [1.29, 1.82) is 0 Å². The standard InChI is InChI=1S/C87H162N2O2/c1-9-13-17-21-25-27-29-31-33-35-37-39-41-47-55-63-74-86(78-71-84(72-79-86)89(7)8)75-64-56-48-43-45-53-61-69-82(67-59-51-23-19-15-11-3)83(68-60-52-24-20-16-12-4)70-62-54-46-44-50-58-66-77-87(90-81-85(91-87)73-80-88(5)6)76-65-57-49-42-40-38-36-34-32-30-28-26-22-18-14-10-2/h25,27,31,33,51-52,59-60,69-70,84-85H,9-24,26,28-30,32,34-50,53-58,61-68,71-81H2,1-8H3. The molecular weight excluding hydrogens is 1100 g/mol. The van der Waals surface area contributed by atoms with E-state index in [4.69, 9.17) is 9.47 Å². The molecule has 2 aliphatic rings. The van der Waals surface area contributed by atoms with Crippen LogP contribution in [0.25, 0.3) is 0 Å². The molecular formula is C87H162N2O2. The summed E-state index contributed by atoms with van der Waals surface area (Å²) in [6, 6.07) is 0.798. The van der Waals surface area contributed by atoms with Gasteiger partial charge in [-0.3, -0.25) is 0 Å². The summed E-state index contributed by atoms with van der Waals surface area (Å²) < 4.78 is 13.5. The van der Waals surface area contributed by atoms with Crippen molar-refractivity contribution < 1.29 is 9.47 Å². The van der Waals surface area contributed by atoms with Gasteiger partial charge in [0.15, 0.2) is 5.79 Å². The van der Waals surface area contributed by atoms with Crippen LogP contribution in [0.1, 0.15) is 419 Å². The van der Waals surface area contributed by atoms with Crippen LogP contribution in [-0.4, -0.2) is 69.1 Å². The van der Waals surface area contributed by atoms with Gasteiger partial charge in [-0.25, -0.2) is 0 Å². The van der Waals surface area contributed by atoms with Gasteiger partial charge in [-0.1, -0.05) is 313 Å². The predicted octanol–water partition coefficient (Wildman–Crippen LogP) is 28.5. The van der Waals surface area contributed by atoms with E-state index in [1.807, 2.05) is 0 Å². The van der Waals surface area contributed by atoms with E-state index in [-0.39, 0.29) is 11.9 Å². The largest absolute Gasteiger partial charge is 0.347 e. The van der Waals surface area contributed by atoms with Crippen LogP contribution in [0.5, 0.6) is 0 Å². The summed E-state index contributed by atoms with van der Waals surface area (Å²) in [5, 5.41) is 0. The van der Waals surface area contributed by atoms with Crippen LogP contribution >= 0.6 is 0 Å². The van der Waals surface area contributed by atoms with Gasteiger partial charge in [-0.15, -0.1) is 0 Å². The van der Waals surface area contributed by atoms with Gasteiger partial charge in [-0.2, -0.15) is 0 Å². The maximum absolute atomic E-state index is 6.87. The lowest BCUT2D eigenvalue weighted by Crippen LogP contribution is -2.37. The molecule has 0 aromatic carbocycles. The third kappa shape index (κ3) is 50.3. The number of rotatable bonds is 67. The molecule has 0 aromatic heterocycles. The SMILES string of the molecule is CCCCCC=CCC=CCCCCCCCCC1(CCCCCCCCC=C(CC=CCCCCC)C(=CCCCCCCCCC2(CCCCCCCCCCCCCCCCCC)OCC(CCN(C)C)O2)CC=CCCCCC)CCC(N(C)C)CC1. The summed E-state index contributed by atoms with van der Waals surface area (Å²) in [6.45, 7) is 11.1. The average Bonchev–Trinajstić information content (AvgIpc) is 3.38. The molecule has 1 aliphatic carbocycles. The molecule has 532 valence electrons. The summed E-state index contributed by atoms with van der Waals surface area (Å²) in [4.78, 5) is 4.81. The molecule has 0 bridgehead atoms. The van der Waals surface area contributed by atoms with E-state index in [0.717, 1.165) is 57.7 Å². The third-order valence-corrected chi connectivity index (χ3v) is 21.2.